The van der Waals surface area contributed by atoms with Crippen LogP contribution in [0.4, 0.5) is 5.69 Å². The third-order valence-corrected chi connectivity index (χ3v) is 6.09. The summed E-state index contributed by atoms with van der Waals surface area (Å²) in [6, 6.07) is 10.7. The fourth-order valence-electron chi connectivity index (χ4n) is 3.95. The predicted octanol–water partition coefficient (Wildman–Crippen LogP) is 2.55. The monoisotopic (exact) mass is 366 g/mol. The molecule has 7 nitrogen and oxygen atoms in total. The number of carbonyl (C=O) groups is 1. The van der Waals surface area contributed by atoms with Gasteiger partial charge in [0.1, 0.15) is 0 Å². The Hall–Kier alpha value is -2.74. The number of para-hydroxylation sites is 1. The van der Waals surface area contributed by atoms with E-state index < -0.39 is 0 Å². The molecule has 1 atom stereocenters. The maximum Gasteiger partial charge on any atom is 0.264 e. The van der Waals surface area contributed by atoms with Crippen LogP contribution >= 0.6 is 11.3 Å². The molecule has 0 aliphatic carbocycles. The number of anilines is 1. The summed E-state index contributed by atoms with van der Waals surface area (Å²) in [7, 11) is 0. The highest BCUT2D eigenvalue weighted by atomic mass is 32.1. The predicted molar refractivity (Wildman–Crippen MR) is 99.0 cm³/mol. The van der Waals surface area contributed by atoms with Gasteiger partial charge >= 0.3 is 0 Å². The molecule has 0 spiro atoms. The van der Waals surface area contributed by atoms with Crippen LogP contribution in [0, 0.1) is 0 Å². The summed E-state index contributed by atoms with van der Waals surface area (Å²) in [6.07, 6.45) is 2.32. The summed E-state index contributed by atoms with van der Waals surface area (Å²) < 4.78 is 0. The average molecular weight is 366 g/mol. The second-order valence-corrected chi connectivity index (χ2v) is 7.65. The molecule has 0 unspecified atom stereocenters. The van der Waals surface area contributed by atoms with Crippen LogP contribution in [-0.4, -0.2) is 50.6 Å². The zero-order valence-corrected chi connectivity index (χ0v) is 14.9. The Balaban J connectivity index is 1.45. The molecule has 1 N–H and O–H groups in total. The van der Waals surface area contributed by atoms with E-state index in [9.17, 15) is 4.79 Å². The average Bonchev–Trinajstić information content (AvgIpc) is 3.41. The van der Waals surface area contributed by atoms with Crippen LogP contribution < -0.4 is 4.90 Å². The summed E-state index contributed by atoms with van der Waals surface area (Å²) >= 11 is 1.44. The van der Waals surface area contributed by atoms with E-state index >= 15 is 0 Å². The van der Waals surface area contributed by atoms with Crippen molar-refractivity contribution in [3.63, 3.8) is 0 Å². The number of nitrogens with one attached hydrogen (secondary N) is 1. The van der Waals surface area contributed by atoms with Crippen molar-refractivity contribution in [2.24, 2.45) is 0 Å². The highest BCUT2D eigenvalue weighted by Crippen LogP contribution is 2.34. The van der Waals surface area contributed by atoms with E-state index in [1.54, 1.807) is 0 Å². The maximum absolute atomic E-state index is 13.2. The summed E-state index contributed by atoms with van der Waals surface area (Å²) in [5, 5.41) is 15.9. The normalized spacial score (nSPS) is 19.2. The number of aromatic amines is 1. The Morgan fingerprint density at radius 2 is 2.23 bits per heavy atom. The number of tetrazole rings is 1. The molecule has 1 fully saturated rings. The van der Waals surface area contributed by atoms with Gasteiger partial charge in [0.25, 0.3) is 5.91 Å². The van der Waals surface area contributed by atoms with Gasteiger partial charge in [-0.15, -0.1) is 21.5 Å². The molecule has 2 aliphatic heterocycles. The molecule has 0 saturated carbocycles. The lowest BCUT2D eigenvalue weighted by atomic mass is 10.1. The first-order chi connectivity index (χ1) is 12.8. The molecule has 1 aromatic carbocycles. The third-order valence-electron chi connectivity index (χ3n) is 5.17. The number of fused-ring (bicyclic) bond motifs is 3. The molecule has 2 aliphatic rings. The molecule has 26 heavy (non-hydrogen) atoms. The highest BCUT2D eigenvalue weighted by molar-refractivity contribution is 7.12. The number of H-pyrrole nitrogens is 1. The Bertz CT molecular complexity index is 937. The van der Waals surface area contributed by atoms with Gasteiger partial charge in [0, 0.05) is 42.3 Å². The van der Waals surface area contributed by atoms with Crippen LogP contribution in [0.1, 0.15) is 28.1 Å². The van der Waals surface area contributed by atoms with Gasteiger partial charge in [0.15, 0.2) is 0 Å². The fourth-order valence-corrected chi connectivity index (χ4v) is 4.80. The van der Waals surface area contributed by atoms with E-state index in [0.29, 0.717) is 23.3 Å². The number of nitrogens with zero attached hydrogens (tertiary/aromatic N) is 5. The zero-order chi connectivity index (χ0) is 17.5. The molecule has 1 saturated heterocycles. The lowest BCUT2D eigenvalue weighted by Gasteiger charge is -2.27. The topological polar surface area (TPSA) is 78.0 Å². The molecule has 0 radical (unpaired) electrons. The van der Waals surface area contributed by atoms with Crippen LogP contribution in [0.3, 0.4) is 0 Å². The van der Waals surface area contributed by atoms with Gasteiger partial charge in [0.2, 0.25) is 5.82 Å². The standard InChI is InChI=1S/C18H18N6OS/c25-18(16-8-13(11-26-16)17-19-21-22-20-17)23-9-12-4-1-2-6-15(12)24-7-3-5-14(24)10-23/h1-2,4,6,8,11,14H,3,5,7,9-10H2,(H,19,20,21,22)/t14-/m1/s1. The van der Waals surface area contributed by atoms with Gasteiger partial charge in [-0.1, -0.05) is 18.2 Å². The SMILES string of the molecule is O=C(c1cc(-c2nn[nH]n2)cs1)N1Cc2ccccc2N2CCC[C@@H]2C1. The molecular formula is C18H18N6OS. The lowest BCUT2D eigenvalue weighted by Crippen LogP contribution is -2.39. The lowest BCUT2D eigenvalue weighted by molar-refractivity contribution is 0.0743. The Morgan fingerprint density at radius 3 is 3.12 bits per heavy atom. The van der Waals surface area contributed by atoms with E-state index in [2.05, 4.69) is 49.8 Å². The van der Waals surface area contributed by atoms with Crippen LogP contribution in [-0.2, 0) is 6.54 Å². The highest BCUT2D eigenvalue weighted by Gasteiger charge is 2.33. The van der Waals surface area contributed by atoms with Crippen molar-refractivity contribution < 1.29 is 4.79 Å². The quantitative estimate of drug-likeness (QED) is 0.754. The van der Waals surface area contributed by atoms with E-state index in [1.807, 2.05) is 16.3 Å². The van der Waals surface area contributed by atoms with Crippen molar-refractivity contribution >= 4 is 22.9 Å². The first-order valence-electron chi connectivity index (χ1n) is 8.76. The third kappa shape index (κ3) is 2.57. The minimum atomic E-state index is 0.0771. The molecule has 132 valence electrons. The smallest absolute Gasteiger partial charge is 0.264 e. The second-order valence-electron chi connectivity index (χ2n) is 6.74. The number of hydrogen-bond acceptors (Lipinski definition) is 6. The Kier molecular flexibility index (Phi) is 3.70. The van der Waals surface area contributed by atoms with Crippen molar-refractivity contribution in [2.45, 2.75) is 25.4 Å². The second kappa shape index (κ2) is 6.21. The first kappa shape index (κ1) is 15.5. The van der Waals surface area contributed by atoms with Crippen LogP contribution in [0.5, 0.6) is 0 Å². The van der Waals surface area contributed by atoms with Gasteiger partial charge in [-0.25, -0.2) is 0 Å². The molecule has 3 aromatic rings. The minimum absolute atomic E-state index is 0.0771. The van der Waals surface area contributed by atoms with E-state index in [4.69, 9.17) is 0 Å². The summed E-state index contributed by atoms with van der Waals surface area (Å²) in [4.78, 5) is 18.4. The summed E-state index contributed by atoms with van der Waals surface area (Å²) in [6.45, 7) is 2.49. The number of aromatic nitrogens is 4. The Morgan fingerprint density at radius 1 is 1.31 bits per heavy atom. The molecule has 5 rings (SSSR count). The number of rotatable bonds is 2. The van der Waals surface area contributed by atoms with Gasteiger partial charge < -0.3 is 9.80 Å². The number of amides is 1. The molecular weight excluding hydrogens is 348 g/mol. The molecule has 8 heteroatoms. The van der Waals surface area contributed by atoms with Crippen molar-refractivity contribution in [3.05, 3.63) is 46.2 Å². The summed E-state index contributed by atoms with van der Waals surface area (Å²) in [5.74, 6) is 0.594. The molecule has 2 aromatic heterocycles. The fraction of sp³-hybridized carbons (Fsp3) is 0.333. The van der Waals surface area contributed by atoms with Crippen molar-refractivity contribution in [1.82, 2.24) is 25.5 Å². The van der Waals surface area contributed by atoms with Gasteiger partial charge in [-0.05, 0) is 35.8 Å². The molecule has 1 amide bonds. The molecule has 0 bridgehead atoms. The first-order valence-corrected chi connectivity index (χ1v) is 9.64. The largest absolute Gasteiger partial charge is 0.366 e. The van der Waals surface area contributed by atoms with E-state index in [-0.39, 0.29) is 5.91 Å². The molecule has 4 heterocycles. The number of benzene rings is 1. The van der Waals surface area contributed by atoms with Gasteiger partial charge in [-0.2, -0.15) is 5.21 Å². The van der Waals surface area contributed by atoms with Crippen molar-refractivity contribution in [1.29, 1.82) is 0 Å². The zero-order valence-electron chi connectivity index (χ0n) is 14.1. The number of hydrogen-bond donors (Lipinski definition) is 1. The number of thiophene rings is 1. The number of carbonyl (C=O) groups excluding carboxylic acids is 1. The van der Waals surface area contributed by atoms with E-state index in [0.717, 1.165) is 25.1 Å². The maximum atomic E-state index is 13.2. The van der Waals surface area contributed by atoms with Crippen LogP contribution in [0.25, 0.3) is 11.4 Å². The van der Waals surface area contributed by atoms with E-state index in [1.165, 1.54) is 29.0 Å². The van der Waals surface area contributed by atoms with Crippen LogP contribution in [0.2, 0.25) is 0 Å². The minimum Gasteiger partial charge on any atom is -0.366 e. The van der Waals surface area contributed by atoms with Crippen molar-refractivity contribution in [2.75, 3.05) is 18.0 Å². The van der Waals surface area contributed by atoms with Gasteiger partial charge in [-0.3, -0.25) is 4.79 Å². The van der Waals surface area contributed by atoms with Crippen molar-refractivity contribution in [3.8, 4) is 11.4 Å². The summed E-state index contributed by atoms with van der Waals surface area (Å²) in [5.41, 5.74) is 3.33. The Labute approximate surface area is 154 Å². The van der Waals surface area contributed by atoms with Crippen LogP contribution in [0.15, 0.2) is 35.7 Å². The van der Waals surface area contributed by atoms with Gasteiger partial charge in [0.05, 0.1) is 4.88 Å².